The molecule has 25 heavy (non-hydrogen) atoms. The number of rotatable bonds is 7. The Labute approximate surface area is 158 Å². The maximum Gasteiger partial charge on any atom is 0.263 e. The van der Waals surface area contributed by atoms with Crippen molar-refractivity contribution in [2.75, 3.05) is 12.3 Å². The Balaban J connectivity index is 1.46. The molecule has 0 aliphatic carbocycles. The van der Waals surface area contributed by atoms with E-state index in [0.29, 0.717) is 11.4 Å². The lowest BCUT2D eigenvalue weighted by atomic mass is 10.3. The lowest BCUT2D eigenvalue weighted by Gasteiger charge is -2.04. The molecule has 0 radical (unpaired) electrons. The van der Waals surface area contributed by atoms with Gasteiger partial charge in [0.25, 0.3) is 5.91 Å². The van der Waals surface area contributed by atoms with Crippen LogP contribution in [-0.2, 0) is 0 Å². The first-order valence-corrected chi connectivity index (χ1v) is 10.5. The lowest BCUT2D eigenvalue weighted by molar-refractivity contribution is 0.0957. The number of aryl methyl sites for hydroxylation is 1. The second-order valence-corrected chi connectivity index (χ2v) is 8.30. The molecule has 1 N–H and O–H groups in total. The minimum Gasteiger partial charge on any atom is -0.351 e. The molecule has 130 valence electrons. The fourth-order valence-electron chi connectivity index (χ4n) is 2.19. The van der Waals surface area contributed by atoms with Gasteiger partial charge in [0, 0.05) is 22.4 Å². The molecule has 7 heteroatoms. The molecule has 1 aromatic carbocycles. The molecular weight excluding hydrogens is 375 g/mol. The van der Waals surface area contributed by atoms with Gasteiger partial charge in [0.05, 0.1) is 5.69 Å². The molecule has 0 saturated heterocycles. The van der Waals surface area contributed by atoms with Gasteiger partial charge in [0.2, 0.25) is 0 Å². The standard InChI is InChI=1S/C18H17FN2OS3/c1-12-16(25-18(21-12)13-7-10-23-11-13)17(22)20-8-2-9-24-15-5-3-14(19)4-6-15/h3-7,10-11H,2,8-9H2,1H3,(H,20,22). The van der Waals surface area contributed by atoms with Gasteiger partial charge in [-0.15, -0.1) is 23.1 Å². The first kappa shape index (κ1) is 18.1. The number of nitrogens with zero attached hydrogens (tertiary/aromatic N) is 1. The highest BCUT2D eigenvalue weighted by atomic mass is 32.2. The molecule has 2 aromatic heterocycles. The van der Waals surface area contributed by atoms with E-state index >= 15 is 0 Å². The maximum atomic E-state index is 12.8. The van der Waals surface area contributed by atoms with Crippen LogP contribution < -0.4 is 5.32 Å². The van der Waals surface area contributed by atoms with Crippen molar-refractivity contribution in [1.29, 1.82) is 0 Å². The Morgan fingerprint density at radius 1 is 1.28 bits per heavy atom. The zero-order valence-corrected chi connectivity index (χ0v) is 16.1. The van der Waals surface area contributed by atoms with Crippen LogP contribution in [0.25, 0.3) is 10.6 Å². The van der Waals surface area contributed by atoms with Gasteiger partial charge in [-0.05, 0) is 54.8 Å². The highest BCUT2D eigenvalue weighted by Crippen LogP contribution is 2.29. The molecule has 3 nitrogen and oxygen atoms in total. The highest BCUT2D eigenvalue weighted by molar-refractivity contribution is 7.99. The fraction of sp³-hybridized carbons (Fsp3) is 0.222. The monoisotopic (exact) mass is 392 g/mol. The van der Waals surface area contributed by atoms with E-state index in [-0.39, 0.29) is 11.7 Å². The van der Waals surface area contributed by atoms with Crippen LogP contribution in [0.15, 0.2) is 46.0 Å². The summed E-state index contributed by atoms with van der Waals surface area (Å²) in [5.74, 6) is 0.579. The van der Waals surface area contributed by atoms with Crippen LogP contribution >= 0.6 is 34.4 Å². The summed E-state index contributed by atoms with van der Waals surface area (Å²) in [6.07, 6.45) is 0.850. The van der Waals surface area contributed by atoms with E-state index in [9.17, 15) is 9.18 Å². The molecular formula is C18H17FN2OS3. The summed E-state index contributed by atoms with van der Waals surface area (Å²) >= 11 is 4.70. The zero-order chi connectivity index (χ0) is 17.6. The van der Waals surface area contributed by atoms with Crippen LogP contribution in [0.2, 0.25) is 0 Å². The van der Waals surface area contributed by atoms with Gasteiger partial charge in [-0.1, -0.05) is 0 Å². The highest BCUT2D eigenvalue weighted by Gasteiger charge is 2.15. The number of hydrogen-bond donors (Lipinski definition) is 1. The van der Waals surface area contributed by atoms with Crippen molar-refractivity contribution in [3.63, 3.8) is 0 Å². The van der Waals surface area contributed by atoms with E-state index in [0.717, 1.165) is 33.3 Å². The number of thioether (sulfide) groups is 1. The van der Waals surface area contributed by atoms with E-state index in [1.165, 1.54) is 23.5 Å². The second-order valence-electron chi connectivity index (χ2n) is 5.36. The summed E-state index contributed by atoms with van der Waals surface area (Å²) in [5.41, 5.74) is 1.83. The van der Waals surface area contributed by atoms with Crippen LogP contribution in [0, 0.1) is 12.7 Å². The Bertz CT molecular complexity index is 829. The number of aromatic nitrogens is 1. The molecule has 0 aliphatic heterocycles. The van der Waals surface area contributed by atoms with Gasteiger partial charge >= 0.3 is 0 Å². The molecule has 2 heterocycles. The van der Waals surface area contributed by atoms with Crippen molar-refractivity contribution in [2.45, 2.75) is 18.2 Å². The Morgan fingerprint density at radius 3 is 2.80 bits per heavy atom. The topological polar surface area (TPSA) is 42.0 Å². The third-order valence-corrected chi connectivity index (χ3v) is 6.45. The Hall–Kier alpha value is -1.70. The SMILES string of the molecule is Cc1nc(-c2ccsc2)sc1C(=O)NCCCSc1ccc(F)cc1. The first-order valence-electron chi connectivity index (χ1n) is 7.80. The summed E-state index contributed by atoms with van der Waals surface area (Å²) in [4.78, 5) is 18.5. The number of carbonyl (C=O) groups is 1. The van der Waals surface area contributed by atoms with Crippen molar-refractivity contribution >= 4 is 40.3 Å². The molecule has 0 fully saturated rings. The number of halogens is 1. The van der Waals surface area contributed by atoms with E-state index in [2.05, 4.69) is 10.3 Å². The van der Waals surface area contributed by atoms with Gasteiger partial charge in [0.1, 0.15) is 15.7 Å². The lowest BCUT2D eigenvalue weighted by Crippen LogP contribution is -2.24. The summed E-state index contributed by atoms with van der Waals surface area (Å²) in [6, 6.07) is 8.47. The average molecular weight is 393 g/mol. The number of nitrogens with one attached hydrogen (secondary N) is 1. The summed E-state index contributed by atoms with van der Waals surface area (Å²) in [7, 11) is 0. The van der Waals surface area contributed by atoms with Crippen molar-refractivity contribution < 1.29 is 9.18 Å². The van der Waals surface area contributed by atoms with Gasteiger partial charge in [-0.3, -0.25) is 4.79 Å². The summed E-state index contributed by atoms with van der Waals surface area (Å²) in [6.45, 7) is 2.48. The fourth-order valence-corrected chi connectivity index (χ4v) is 4.74. The normalized spacial score (nSPS) is 10.8. The number of thiophene rings is 1. The van der Waals surface area contributed by atoms with E-state index in [1.54, 1.807) is 35.2 Å². The maximum absolute atomic E-state index is 12.8. The van der Waals surface area contributed by atoms with Crippen LogP contribution in [0.5, 0.6) is 0 Å². The number of carbonyl (C=O) groups excluding carboxylic acids is 1. The Kier molecular flexibility index (Phi) is 6.23. The van der Waals surface area contributed by atoms with Crippen molar-refractivity contribution in [1.82, 2.24) is 10.3 Å². The smallest absolute Gasteiger partial charge is 0.263 e. The molecule has 1 amide bonds. The van der Waals surface area contributed by atoms with Gasteiger partial charge in [-0.25, -0.2) is 9.37 Å². The van der Waals surface area contributed by atoms with Crippen LogP contribution in [0.4, 0.5) is 4.39 Å². The third-order valence-electron chi connectivity index (χ3n) is 3.46. The number of hydrogen-bond acceptors (Lipinski definition) is 5. The van der Waals surface area contributed by atoms with Gasteiger partial charge in [-0.2, -0.15) is 11.3 Å². The van der Waals surface area contributed by atoms with Crippen molar-refractivity contribution in [3.05, 3.63) is 57.5 Å². The Morgan fingerprint density at radius 2 is 2.08 bits per heavy atom. The average Bonchev–Trinajstić information content (AvgIpc) is 3.25. The van der Waals surface area contributed by atoms with Gasteiger partial charge in [0.15, 0.2) is 0 Å². The molecule has 0 unspecified atom stereocenters. The summed E-state index contributed by atoms with van der Waals surface area (Å²) < 4.78 is 12.8. The summed E-state index contributed by atoms with van der Waals surface area (Å²) in [5, 5.41) is 7.88. The predicted octanol–water partition coefficient (Wildman–Crippen LogP) is 5.23. The van der Waals surface area contributed by atoms with Crippen LogP contribution in [0.1, 0.15) is 21.8 Å². The largest absolute Gasteiger partial charge is 0.351 e. The van der Waals surface area contributed by atoms with E-state index in [1.807, 2.05) is 23.8 Å². The molecule has 3 aromatic rings. The molecule has 0 saturated carbocycles. The van der Waals surface area contributed by atoms with E-state index < -0.39 is 0 Å². The molecule has 0 spiro atoms. The minimum absolute atomic E-state index is 0.0664. The van der Waals surface area contributed by atoms with Crippen molar-refractivity contribution in [2.24, 2.45) is 0 Å². The minimum atomic E-state index is -0.224. The second kappa shape index (κ2) is 8.60. The van der Waals surface area contributed by atoms with Gasteiger partial charge < -0.3 is 5.32 Å². The van der Waals surface area contributed by atoms with E-state index in [4.69, 9.17) is 0 Å². The third kappa shape index (κ3) is 4.90. The first-order chi connectivity index (χ1) is 12.1. The van der Waals surface area contributed by atoms with Crippen molar-refractivity contribution in [3.8, 4) is 10.6 Å². The quantitative estimate of drug-likeness (QED) is 0.442. The molecule has 3 rings (SSSR count). The number of thiazole rings is 1. The zero-order valence-electron chi connectivity index (χ0n) is 13.6. The number of amides is 1. The molecule has 0 atom stereocenters. The predicted molar refractivity (Wildman–Crippen MR) is 104 cm³/mol. The van der Waals surface area contributed by atoms with Crippen LogP contribution in [0.3, 0.4) is 0 Å². The molecule has 0 bridgehead atoms. The molecule has 0 aliphatic rings. The van der Waals surface area contributed by atoms with Crippen LogP contribution in [-0.4, -0.2) is 23.2 Å². The number of benzene rings is 1.